The van der Waals surface area contributed by atoms with E-state index in [0.29, 0.717) is 11.3 Å². The van der Waals surface area contributed by atoms with Crippen molar-refractivity contribution in [3.63, 3.8) is 0 Å². The molecule has 2 nitrogen and oxygen atoms in total. The lowest BCUT2D eigenvalue weighted by atomic mass is 9.95. The summed E-state index contributed by atoms with van der Waals surface area (Å²) in [6, 6.07) is 5.55. The lowest BCUT2D eigenvalue weighted by Crippen LogP contribution is -2.13. The molecule has 0 bridgehead atoms. The number of halogens is 1. The van der Waals surface area contributed by atoms with Crippen molar-refractivity contribution in [2.75, 3.05) is 5.73 Å². The van der Waals surface area contributed by atoms with E-state index in [2.05, 4.69) is 15.9 Å². The summed E-state index contributed by atoms with van der Waals surface area (Å²) >= 11 is 3.35. The van der Waals surface area contributed by atoms with Gasteiger partial charge >= 0.3 is 0 Å². The molecule has 1 aromatic rings. The van der Waals surface area contributed by atoms with E-state index in [9.17, 15) is 4.79 Å². The number of benzene rings is 1. The van der Waals surface area contributed by atoms with Crippen LogP contribution in [-0.2, 0) is 0 Å². The third-order valence-corrected chi connectivity index (χ3v) is 3.74. The number of hydrogen-bond donors (Lipinski definition) is 1. The monoisotopic (exact) mass is 267 g/mol. The van der Waals surface area contributed by atoms with Crippen LogP contribution in [0.3, 0.4) is 0 Å². The third kappa shape index (κ3) is 2.07. The smallest absolute Gasteiger partial charge is 0.168 e. The van der Waals surface area contributed by atoms with E-state index in [1.165, 1.54) is 12.8 Å². The minimum Gasteiger partial charge on any atom is -0.397 e. The van der Waals surface area contributed by atoms with Gasteiger partial charge < -0.3 is 5.73 Å². The number of Topliss-reactive ketones (excluding diaryl/α,β-unsaturated/α-hetero) is 1. The highest BCUT2D eigenvalue weighted by Gasteiger charge is 2.25. The Morgan fingerprint density at radius 2 is 2.00 bits per heavy atom. The molecule has 0 aromatic heterocycles. The molecule has 1 fully saturated rings. The Morgan fingerprint density at radius 3 is 2.67 bits per heavy atom. The molecule has 1 aliphatic rings. The molecule has 0 atom stereocenters. The first-order valence-electron chi connectivity index (χ1n) is 5.28. The largest absolute Gasteiger partial charge is 0.397 e. The Balaban J connectivity index is 2.28. The van der Waals surface area contributed by atoms with Crippen molar-refractivity contribution in [3.05, 3.63) is 28.2 Å². The number of nitrogens with two attached hydrogens (primary N) is 1. The second-order valence-corrected chi connectivity index (χ2v) is 4.90. The molecular formula is C12H14BrNO. The topological polar surface area (TPSA) is 43.1 Å². The van der Waals surface area contributed by atoms with Gasteiger partial charge in [-0.3, -0.25) is 4.79 Å². The van der Waals surface area contributed by atoms with Crippen LogP contribution >= 0.6 is 15.9 Å². The lowest BCUT2D eigenvalue weighted by Gasteiger charge is -2.10. The van der Waals surface area contributed by atoms with Gasteiger partial charge in [0.1, 0.15) is 0 Å². The van der Waals surface area contributed by atoms with E-state index in [-0.39, 0.29) is 11.7 Å². The highest BCUT2D eigenvalue weighted by atomic mass is 79.9. The molecule has 0 unspecified atom stereocenters. The van der Waals surface area contributed by atoms with Crippen molar-refractivity contribution >= 4 is 27.4 Å². The average molecular weight is 268 g/mol. The standard InChI is InChI=1S/C12H14BrNO/c13-10-7-3-6-9(11(10)14)12(15)8-4-1-2-5-8/h3,6-8H,1-2,4-5,14H2. The van der Waals surface area contributed by atoms with Crippen LogP contribution in [0.2, 0.25) is 0 Å². The quantitative estimate of drug-likeness (QED) is 0.659. The predicted molar refractivity (Wildman–Crippen MR) is 64.8 cm³/mol. The van der Waals surface area contributed by atoms with Crippen molar-refractivity contribution in [3.8, 4) is 0 Å². The van der Waals surface area contributed by atoms with Crippen molar-refractivity contribution in [1.82, 2.24) is 0 Å². The summed E-state index contributed by atoms with van der Waals surface area (Å²) in [7, 11) is 0. The number of para-hydroxylation sites is 1. The van der Waals surface area contributed by atoms with E-state index in [0.717, 1.165) is 17.3 Å². The third-order valence-electron chi connectivity index (χ3n) is 3.04. The molecule has 0 spiro atoms. The molecule has 0 saturated heterocycles. The number of nitrogen functional groups attached to an aromatic ring is 1. The number of rotatable bonds is 2. The Hall–Kier alpha value is -0.830. The van der Waals surface area contributed by atoms with Gasteiger partial charge in [-0.15, -0.1) is 0 Å². The van der Waals surface area contributed by atoms with Crippen LogP contribution in [-0.4, -0.2) is 5.78 Å². The summed E-state index contributed by atoms with van der Waals surface area (Å²) in [4.78, 5) is 12.1. The van der Waals surface area contributed by atoms with Gasteiger partial charge in [-0.2, -0.15) is 0 Å². The molecule has 0 heterocycles. The highest BCUT2D eigenvalue weighted by Crippen LogP contribution is 2.31. The number of carbonyl (C=O) groups is 1. The maximum atomic E-state index is 12.1. The molecule has 1 saturated carbocycles. The molecule has 1 aromatic carbocycles. The average Bonchev–Trinajstić information content (AvgIpc) is 2.74. The molecule has 80 valence electrons. The Morgan fingerprint density at radius 1 is 1.33 bits per heavy atom. The normalized spacial score (nSPS) is 16.9. The lowest BCUT2D eigenvalue weighted by molar-refractivity contribution is 0.0923. The Labute approximate surface area is 98.0 Å². The first-order valence-corrected chi connectivity index (χ1v) is 6.07. The van der Waals surface area contributed by atoms with Crippen LogP contribution in [0.1, 0.15) is 36.0 Å². The van der Waals surface area contributed by atoms with Crippen molar-refractivity contribution in [2.45, 2.75) is 25.7 Å². The van der Waals surface area contributed by atoms with E-state index < -0.39 is 0 Å². The van der Waals surface area contributed by atoms with Gasteiger partial charge in [0.2, 0.25) is 0 Å². The van der Waals surface area contributed by atoms with E-state index in [1.807, 2.05) is 18.2 Å². The predicted octanol–water partition coefficient (Wildman–Crippen LogP) is 3.40. The van der Waals surface area contributed by atoms with Crippen LogP contribution < -0.4 is 5.73 Å². The molecule has 0 radical (unpaired) electrons. The zero-order chi connectivity index (χ0) is 10.8. The maximum absolute atomic E-state index is 12.1. The van der Waals surface area contributed by atoms with Gasteiger partial charge in [0.15, 0.2) is 5.78 Å². The van der Waals surface area contributed by atoms with Crippen LogP contribution in [0.25, 0.3) is 0 Å². The van der Waals surface area contributed by atoms with Crippen LogP contribution in [0.5, 0.6) is 0 Å². The molecule has 15 heavy (non-hydrogen) atoms. The molecule has 2 rings (SSSR count). The second kappa shape index (κ2) is 4.35. The van der Waals surface area contributed by atoms with Gasteiger partial charge in [-0.25, -0.2) is 0 Å². The summed E-state index contributed by atoms with van der Waals surface area (Å²) in [5.41, 5.74) is 7.14. The number of ketones is 1. The van der Waals surface area contributed by atoms with Crippen LogP contribution in [0.15, 0.2) is 22.7 Å². The van der Waals surface area contributed by atoms with E-state index in [1.54, 1.807) is 0 Å². The Kier molecular flexibility index (Phi) is 3.10. The first-order chi connectivity index (χ1) is 7.20. The fourth-order valence-electron chi connectivity index (χ4n) is 2.16. The summed E-state index contributed by atoms with van der Waals surface area (Å²) in [6.07, 6.45) is 4.38. The van der Waals surface area contributed by atoms with E-state index >= 15 is 0 Å². The molecule has 1 aliphatic carbocycles. The molecular weight excluding hydrogens is 254 g/mol. The van der Waals surface area contributed by atoms with Crippen LogP contribution in [0, 0.1) is 5.92 Å². The zero-order valence-electron chi connectivity index (χ0n) is 8.50. The van der Waals surface area contributed by atoms with Gasteiger partial charge in [0, 0.05) is 16.0 Å². The van der Waals surface area contributed by atoms with Gasteiger partial charge in [0.25, 0.3) is 0 Å². The molecule has 3 heteroatoms. The first kappa shape index (κ1) is 10.7. The summed E-state index contributed by atoms with van der Waals surface area (Å²) in [5.74, 6) is 0.410. The zero-order valence-corrected chi connectivity index (χ0v) is 10.1. The van der Waals surface area contributed by atoms with Crippen LogP contribution in [0.4, 0.5) is 5.69 Å². The fraction of sp³-hybridized carbons (Fsp3) is 0.417. The summed E-state index contributed by atoms with van der Waals surface area (Å²) < 4.78 is 0.811. The fourth-order valence-corrected chi connectivity index (χ4v) is 2.53. The van der Waals surface area contributed by atoms with Crippen molar-refractivity contribution < 1.29 is 4.79 Å². The van der Waals surface area contributed by atoms with E-state index in [4.69, 9.17) is 5.73 Å². The summed E-state index contributed by atoms with van der Waals surface area (Å²) in [5, 5.41) is 0. The van der Waals surface area contributed by atoms with Crippen molar-refractivity contribution in [2.24, 2.45) is 5.92 Å². The molecule has 0 amide bonds. The molecule has 2 N–H and O–H groups in total. The summed E-state index contributed by atoms with van der Waals surface area (Å²) in [6.45, 7) is 0. The molecule has 0 aliphatic heterocycles. The Bertz CT molecular complexity index is 383. The number of hydrogen-bond acceptors (Lipinski definition) is 2. The minimum absolute atomic E-state index is 0.196. The van der Waals surface area contributed by atoms with Crippen molar-refractivity contribution in [1.29, 1.82) is 0 Å². The number of anilines is 1. The SMILES string of the molecule is Nc1c(Br)cccc1C(=O)C1CCCC1. The minimum atomic E-state index is 0.196. The van der Waals surface area contributed by atoms with Gasteiger partial charge in [-0.05, 0) is 40.9 Å². The second-order valence-electron chi connectivity index (χ2n) is 4.05. The van der Waals surface area contributed by atoms with Gasteiger partial charge in [0.05, 0.1) is 5.69 Å². The van der Waals surface area contributed by atoms with Gasteiger partial charge in [-0.1, -0.05) is 18.9 Å². The highest BCUT2D eigenvalue weighted by molar-refractivity contribution is 9.10. The number of carbonyl (C=O) groups excluding carboxylic acids is 1. The maximum Gasteiger partial charge on any atom is 0.168 e.